The van der Waals surface area contributed by atoms with Gasteiger partial charge in [0.1, 0.15) is 11.6 Å². The summed E-state index contributed by atoms with van der Waals surface area (Å²) in [5.41, 5.74) is 1.39. The first kappa shape index (κ1) is 22.3. The van der Waals surface area contributed by atoms with Crippen molar-refractivity contribution < 1.29 is 13.2 Å². The molecule has 0 atom stereocenters. The Morgan fingerprint density at radius 2 is 1.87 bits per heavy atom. The van der Waals surface area contributed by atoms with Gasteiger partial charge in [0.2, 0.25) is 0 Å². The Morgan fingerprint density at radius 1 is 1.17 bits per heavy atom. The van der Waals surface area contributed by atoms with E-state index in [2.05, 4.69) is 30.2 Å². The largest absolute Gasteiger partial charge is 0.379 e. The minimum Gasteiger partial charge on any atom is -0.379 e. The second kappa shape index (κ2) is 10.1. The van der Waals surface area contributed by atoms with Crippen LogP contribution in [0, 0.1) is 13.8 Å². The van der Waals surface area contributed by atoms with Gasteiger partial charge in [-0.25, -0.2) is 18.4 Å². The molecular weight excluding hydrogens is 424 g/mol. The third-order valence-corrected chi connectivity index (χ3v) is 6.06. The average Bonchev–Trinajstić information content (AvgIpc) is 2.68. The molecule has 0 bridgehead atoms. The lowest BCUT2D eigenvalue weighted by Crippen LogP contribution is -2.42. The highest BCUT2D eigenvalue weighted by molar-refractivity contribution is 7.92. The number of anilines is 2. The molecule has 9 nitrogen and oxygen atoms in total. The van der Waals surface area contributed by atoms with E-state index in [9.17, 15) is 8.42 Å². The Labute approximate surface area is 182 Å². The summed E-state index contributed by atoms with van der Waals surface area (Å²) in [5.74, 6) is 0.745. The van der Waals surface area contributed by atoms with Crippen LogP contribution in [-0.4, -0.2) is 67.8 Å². The predicted octanol–water partition coefficient (Wildman–Crippen LogP) is 1.51. The molecule has 2 aromatic rings. The quantitative estimate of drug-likeness (QED) is 0.541. The molecule has 30 heavy (non-hydrogen) atoms. The number of hydrogen-bond acceptors (Lipinski definition) is 7. The number of morpholine rings is 1. The van der Waals surface area contributed by atoms with E-state index in [0.717, 1.165) is 39.4 Å². The van der Waals surface area contributed by atoms with Crippen molar-refractivity contribution in [3.05, 3.63) is 41.9 Å². The number of nitrogens with one attached hydrogen (secondary N) is 3. The van der Waals surface area contributed by atoms with Crippen molar-refractivity contribution in [3.8, 4) is 0 Å². The zero-order chi connectivity index (χ0) is 21.6. The van der Waals surface area contributed by atoms with E-state index in [4.69, 9.17) is 17.0 Å². The number of aryl methyl sites for hydroxylation is 2. The average molecular weight is 451 g/mol. The van der Waals surface area contributed by atoms with Gasteiger partial charge >= 0.3 is 0 Å². The summed E-state index contributed by atoms with van der Waals surface area (Å²) in [7, 11) is -3.75. The standard InChI is InChI=1S/C19H26N6O3S2/c1-14-13-18(22-15(2)21-14)24-30(26,27)17-5-3-16(4-6-17)23-19(29)20-7-8-25-9-11-28-12-10-25/h3-6,13H,7-12H2,1-2H3,(H2,20,23,29)(H,21,22,24). The molecule has 1 aliphatic rings. The molecule has 0 unspecified atom stereocenters. The van der Waals surface area contributed by atoms with Crippen LogP contribution in [0.5, 0.6) is 0 Å². The summed E-state index contributed by atoms with van der Waals surface area (Å²) in [6.07, 6.45) is 0. The lowest BCUT2D eigenvalue weighted by Gasteiger charge is -2.26. The second-order valence-electron chi connectivity index (χ2n) is 6.91. The molecule has 0 amide bonds. The number of thiocarbonyl (C=S) groups is 1. The molecule has 0 saturated carbocycles. The van der Waals surface area contributed by atoms with Crippen molar-refractivity contribution in [2.24, 2.45) is 0 Å². The maximum atomic E-state index is 12.6. The summed E-state index contributed by atoms with van der Waals surface area (Å²) in [6, 6.07) is 7.95. The van der Waals surface area contributed by atoms with Gasteiger partial charge in [-0.15, -0.1) is 0 Å². The van der Waals surface area contributed by atoms with E-state index in [1.807, 2.05) is 0 Å². The van der Waals surface area contributed by atoms with Crippen molar-refractivity contribution in [3.63, 3.8) is 0 Å². The van der Waals surface area contributed by atoms with Crippen molar-refractivity contribution in [1.29, 1.82) is 0 Å². The zero-order valence-electron chi connectivity index (χ0n) is 17.0. The van der Waals surface area contributed by atoms with Crippen molar-refractivity contribution in [2.75, 3.05) is 49.4 Å². The SMILES string of the molecule is Cc1cc(NS(=O)(=O)c2ccc(NC(=S)NCCN3CCOCC3)cc2)nc(C)n1. The fraction of sp³-hybridized carbons (Fsp3) is 0.421. The van der Waals surface area contributed by atoms with Gasteiger partial charge in [0.25, 0.3) is 10.0 Å². The molecule has 11 heteroatoms. The molecule has 1 aromatic carbocycles. The van der Waals surface area contributed by atoms with Crippen LogP contribution in [0.15, 0.2) is 35.2 Å². The molecular formula is C19H26N6O3S2. The van der Waals surface area contributed by atoms with Gasteiger partial charge in [-0.3, -0.25) is 9.62 Å². The number of aromatic nitrogens is 2. The first-order valence-corrected chi connectivity index (χ1v) is 11.5. The van der Waals surface area contributed by atoms with E-state index in [0.29, 0.717) is 22.3 Å². The number of benzene rings is 1. The van der Waals surface area contributed by atoms with E-state index in [1.54, 1.807) is 32.0 Å². The van der Waals surface area contributed by atoms with Crippen molar-refractivity contribution in [2.45, 2.75) is 18.7 Å². The summed E-state index contributed by atoms with van der Waals surface area (Å²) in [4.78, 5) is 10.7. The van der Waals surface area contributed by atoms with E-state index < -0.39 is 10.0 Å². The van der Waals surface area contributed by atoms with Crippen LogP contribution in [0.4, 0.5) is 11.5 Å². The van der Waals surface area contributed by atoms with Crippen LogP contribution >= 0.6 is 12.2 Å². The molecule has 1 aliphatic heterocycles. The van der Waals surface area contributed by atoms with Gasteiger partial charge < -0.3 is 15.4 Å². The smallest absolute Gasteiger partial charge is 0.263 e. The second-order valence-corrected chi connectivity index (χ2v) is 9.00. The highest BCUT2D eigenvalue weighted by Gasteiger charge is 2.16. The Hall–Kier alpha value is -2.34. The molecule has 3 N–H and O–H groups in total. The highest BCUT2D eigenvalue weighted by Crippen LogP contribution is 2.17. The maximum Gasteiger partial charge on any atom is 0.263 e. The molecule has 0 radical (unpaired) electrons. The predicted molar refractivity (Wildman–Crippen MR) is 120 cm³/mol. The van der Waals surface area contributed by atoms with Crippen molar-refractivity contribution in [1.82, 2.24) is 20.2 Å². The van der Waals surface area contributed by atoms with Gasteiger partial charge in [-0.05, 0) is 50.3 Å². The lowest BCUT2D eigenvalue weighted by molar-refractivity contribution is 0.0389. The van der Waals surface area contributed by atoms with Crippen LogP contribution in [0.25, 0.3) is 0 Å². The maximum absolute atomic E-state index is 12.6. The fourth-order valence-corrected chi connectivity index (χ4v) is 4.22. The Balaban J connectivity index is 1.52. The Kier molecular flexibility index (Phi) is 7.53. The number of ether oxygens (including phenoxy) is 1. The zero-order valence-corrected chi connectivity index (χ0v) is 18.6. The minimum atomic E-state index is -3.75. The molecule has 162 valence electrons. The molecule has 1 aromatic heterocycles. The third-order valence-electron chi connectivity index (χ3n) is 4.44. The highest BCUT2D eigenvalue weighted by atomic mass is 32.2. The first-order chi connectivity index (χ1) is 14.3. The van der Waals surface area contributed by atoms with Crippen LogP contribution < -0.4 is 15.4 Å². The molecule has 3 rings (SSSR count). The molecule has 2 heterocycles. The van der Waals surface area contributed by atoms with Crippen LogP contribution in [0.2, 0.25) is 0 Å². The molecule has 0 spiro atoms. The van der Waals surface area contributed by atoms with Crippen molar-refractivity contribution >= 4 is 38.9 Å². The summed E-state index contributed by atoms with van der Waals surface area (Å²) < 4.78 is 33.0. The first-order valence-electron chi connectivity index (χ1n) is 9.62. The number of hydrogen-bond donors (Lipinski definition) is 3. The van der Waals surface area contributed by atoms with Crippen LogP contribution in [-0.2, 0) is 14.8 Å². The Morgan fingerprint density at radius 3 is 2.53 bits per heavy atom. The summed E-state index contributed by atoms with van der Waals surface area (Å²) in [5, 5.41) is 6.71. The van der Waals surface area contributed by atoms with Gasteiger partial charge in [0.15, 0.2) is 5.11 Å². The van der Waals surface area contributed by atoms with E-state index in [-0.39, 0.29) is 10.7 Å². The Bertz CT molecular complexity index is 956. The lowest BCUT2D eigenvalue weighted by atomic mass is 10.3. The van der Waals surface area contributed by atoms with Gasteiger partial charge in [-0.1, -0.05) is 0 Å². The number of nitrogens with zero attached hydrogens (tertiary/aromatic N) is 3. The third kappa shape index (κ3) is 6.59. The minimum absolute atomic E-state index is 0.133. The summed E-state index contributed by atoms with van der Waals surface area (Å²) >= 11 is 5.31. The van der Waals surface area contributed by atoms with E-state index >= 15 is 0 Å². The van der Waals surface area contributed by atoms with Crippen LogP contribution in [0.1, 0.15) is 11.5 Å². The molecule has 1 fully saturated rings. The topological polar surface area (TPSA) is 108 Å². The summed E-state index contributed by atoms with van der Waals surface area (Å²) in [6.45, 7) is 8.50. The monoisotopic (exact) mass is 450 g/mol. The van der Waals surface area contributed by atoms with Gasteiger partial charge in [-0.2, -0.15) is 0 Å². The molecule has 0 aliphatic carbocycles. The normalized spacial score (nSPS) is 14.9. The van der Waals surface area contributed by atoms with Gasteiger partial charge in [0, 0.05) is 43.6 Å². The number of rotatable bonds is 7. The van der Waals surface area contributed by atoms with E-state index in [1.165, 1.54) is 12.1 Å². The van der Waals surface area contributed by atoms with Crippen LogP contribution in [0.3, 0.4) is 0 Å². The van der Waals surface area contributed by atoms with Gasteiger partial charge in [0.05, 0.1) is 18.1 Å². The molecule has 1 saturated heterocycles. The fourth-order valence-electron chi connectivity index (χ4n) is 3.01. The number of sulfonamides is 1.